The van der Waals surface area contributed by atoms with E-state index in [0.717, 1.165) is 64.7 Å². The van der Waals surface area contributed by atoms with Gasteiger partial charge in [0.25, 0.3) is 0 Å². The molecule has 1 aliphatic carbocycles. The third kappa shape index (κ3) is 5.85. The number of nitrogens with zero attached hydrogens (tertiary/aromatic N) is 3. The Balaban J connectivity index is 1.49. The Morgan fingerprint density at radius 1 is 1.27 bits per heavy atom. The molecule has 1 aromatic rings. The summed E-state index contributed by atoms with van der Waals surface area (Å²) in [5, 5.41) is 0. The van der Waals surface area contributed by atoms with E-state index in [-0.39, 0.29) is 0 Å². The minimum atomic E-state index is 0.333. The summed E-state index contributed by atoms with van der Waals surface area (Å²) >= 11 is 0. The maximum atomic E-state index is 12.9. The quantitative estimate of drug-likeness (QED) is 0.678. The highest BCUT2D eigenvalue weighted by Crippen LogP contribution is 2.28. The molecular weight excluding hydrogens is 326 g/mol. The monoisotopic (exact) mass is 361 g/mol. The van der Waals surface area contributed by atoms with Crippen molar-refractivity contribution in [2.24, 2.45) is 13.0 Å². The molecule has 2 fully saturated rings. The number of aryl methyl sites for hydroxylation is 1. The van der Waals surface area contributed by atoms with Gasteiger partial charge in [-0.3, -0.25) is 9.69 Å². The van der Waals surface area contributed by atoms with E-state index < -0.39 is 0 Å². The number of hydrogen-bond acceptors (Lipinski definition) is 3. The van der Waals surface area contributed by atoms with Crippen molar-refractivity contribution in [3.8, 4) is 0 Å². The van der Waals surface area contributed by atoms with Crippen LogP contribution in [0.2, 0.25) is 0 Å². The topological polar surface area (TPSA) is 37.7 Å². The molecular formula is C21H35N3O2. The van der Waals surface area contributed by atoms with Crippen LogP contribution in [0.25, 0.3) is 0 Å². The zero-order valence-electron chi connectivity index (χ0n) is 16.4. The number of rotatable bonds is 9. The minimum absolute atomic E-state index is 0.333. The van der Waals surface area contributed by atoms with Crippen molar-refractivity contribution in [3.63, 3.8) is 0 Å². The average Bonchev–Trinajstić information content (AvgIpc) is 3.32. The van der Waals surface area contributed by atoms with E-state index in [1.165, 1.54) is 31.4 Å². The zero-order valence-corrected chi connectivity index (χ0v) is 16.4. The lowest BCUT2D eigenvalue weighted by atomic mass is 10.0. The molecule has 146 valence electrons. The highest BCUT2D eigenvalue weighted by atomic mass is 16.5. The van der Waals surface area contributed by atoms with Crippen molar-refractivity contribution in [1.82, 2.24) is 14.4 Å². The molecule has 3 rings (SSSR count). The van der Waals surface area contributed by atoms with Crippen LogP contribution in [0.5, 0.6) is 0 Å². The summed E-state index contributed by atoms with van der Waals surface area (Å²) in [4.78, 5) is 17.4. The van der Waals surface area contributed by atoms with Gasteiger partial charge in [-0.05, 0) is 30.9 Å². The summed E-state index contributed by atoms with van der Waals surface area (Å²) < 4.78 is 7.54. The number of amides is 1. The molecule has 1 saturated carbocycles. The van der Waals surface area contributed by atoms with E-state index in [4.69, 9.17) is 4.74 Å². The molecule has 2 heterocycles. The largest absolute Gasteiger partial charge is 0.379 e. The first-order valence-electron chi connectivity index (χ1n) is 10.4. The van der Waals surface area contributed by atoms with E-state index in [1.807, 2.05) is 0 Å². The fraction of sp³-hybridized carbons (Fsp3) is 0.762. The molecule has 0 atom stereocenters. The number of morpholine rings is 1. The lowest BCUT2D eigenvalue weighted by Crippen LogP contribution is -2.39. The number of ether oxygens (including phenoxy) is 1. The normalized spacial score (nSPS) is 19.1. The Bertz CT molecular complexity index is 545. The lowest BCUT2D eigenvalue weighted by Gasteiger charge is -2.28. The van der Waals surface area contributed by atoms with Crippen LogP contribution in [0.1, 0.15) is 50.6 Å². The number of aromatic nitrogens is 1. The second-order valence-corrected chi connectivity index (χ2v) is 7.92. The molecule has 0 N–H and O–H groups in total. The Morgan fingerprint density at radius 3 is 2.73 bits per heavy atom. The zero-order chi connectivity index (χ0) is 18.2. The summed E-state index contributed by atoms with van der Waals surface area (Å²) in [5.41, 5.74) is 1.21. The second kappa shape index (κ2) is 10.1. The summed E-state index contributed by atoms with van der Waals surface area (Å²) in [6.07, 6.45) is 10.2. The van der Waals surface area contributed by atoms with Crippen molar-refractivity contribution in [1.29, 1.82) is 0 Å². The first kappa shape index (κ1) is 19.4. The van der Waals surface area contributed by atoms with Crippen molar-refractivity contribution in [2.45, 2.75) is 51.5 Å². The van der Waals surface area contributed by atoms with E-state index in [0.29, 0.717) is 12.3 Å². The Morgan fingerprint density at radius 2 is 2.04 bits per heavy atom. The molecule has 1 aliphatic heterocycles. The SMILES string of the molecule is Cn1cccc1CN(CCCN1CCOCC1)C(=O)CCC1CCCC1. The number of carbonyl (C=O) groups is 1. The van der Waals surface area contributed by atoms with Crippen LogP contribution in [0.3, 0.4) is 0 Å². The maximum Gasteiger partial charge on any atom is 0.222 e. The van der Waals surface area contributed by atoms with Crippen LogP contribution in [0, 0.1) is 5.92 Å². The van der Waals surface area contributed by atoms with Gasteiger partial charge in [0.05, 0.1) is 19.8 Å². The van der Waals surface area contributed by atoms with Gasteiger partial charge in [-0.25, -0.2) is 0 Å². The number of carbonyl (C=O) groups excluding carboxylic acids is 1. The van der Waals surface area contributed by atoms with Crippen LogP contribution in [-0.4, -0.2) is 59.7 Å². The summed E-state index contributed by atoms with van der Waals surface area (Å²) in [7, 11) is 2.06. The Hall–Kier alpha value is -1.33. The van der Waals surface area contributed by atoms with Crippen LogP contribution >= 0.6 is 0 Å². The van der Waals surface area contributed by atoms with Crippen LogP contribution in [0.4, 0.5) is 0 Å². The molecule has 0 aromatic carbocycles. The van der Waals surface area contributed by atoms with E-state index >= 15 is 0 Å². The minimum Gasteiger partial charge on any atom is -0.379 e. The fourth-order valence-corrected chi connectivity index (χ4v) is 4.24. The molecule has 5 nitrogen and oxygen atoms in total. The Labute approximate surface area is 158 Å². The summed E-state index contributed by atoms with van der Waals surface area (Å²) in [5.74, 6) is 1.12. The van der Waals surface area contributed by atoms with Crippen molar-refractivity contribution in [3.05, 3.63) is 24.0 Å². The lowest BCUT2D eigenvalue weighted by molar-refractivity contribution is -0.132. The Kier molecular flexibility index (Phi) is 7.56. The standard InChI is InChI=1S/C21H35N3O2/c1-22-11-4-8-20(22)18-24(13-5-12-23-14-16-26-17-15-23)21(25)10-9-19-6-2-3-7-19/h4,8,11,19H,2-3,5-7,9-10,12-18H2,1H3. The second-order valence-electron chi connectivity index (χ2n) is 7.92. The van der Waals surface area contributed by atoms with Gasteiger partial charge in [-0.1, -0.05) is 25.7 Å². The molecule has 0 radical (unpaired) electrons. The van der Waals surface area contributed by atoms with Gasteiger partial charge in [-0.15, -0.1) is 0 Å². The van der Waals surface area contributed by atoms with Gasteiger partial charge in [0.2, 0.25) is 5.91 Å². The molecule has 5 heteroatoms. The predicted molar refractivity (Wildman–Crippen MR) is 104 cm³/mol. The first-order valence-corrected chi connectivity index (χ1v) is 10.4. The molecule has 1 saturated heterocycles. The molecule has 26 heavy (non-hydrogen) atoms. The van der Waals surface area contributed by atoms with E-state index in [1.54, 1.807) is 0 Å². The van der Waals surface area contributed by atoms with Gasteiger partial charge in [0.15, 0.2) is 0 Å². The predicted octanol–water partition coefficient (Wildman–Crippen LogP) is 3.05. The molecule has 0 unspecified atom stereocenters. The molecule has 1 amide bonds. The van der Waals surface area contributed by atoms with Gasteiger partial charge in [0.1, 0.15) is 0 Å². The van der Waals surface area contributed by atoms with E-state index in [9.17, 15) is 4.79 Å². The van der Waals surface area contributed by atoms with Crippen molar-refractivity contribution in [2.75, 3.05) is 39.4 Å². The highest BCUT2D eigenvalue weighted by Gasteiger charge is 2.20. The molecule has 0 bridgehead atoms. The van der Waals surface area contributed by atoms with Gasteiger partial charge in [0, 0.05) is 51.5 Å². The highest BCUT2D eigenvalue weighted by molar-refractivity contribution is 5.76. The average molecular weight is 362 g/mol. The third-order valence-electron chi connectivity index (χ3n) is 6.00. The number of hydrogen-bond donors (Lipinski definition) is 0. The third-order valence-corrected chi connectivity index (χ3v) is 6.00. The van der Waals surface area contributed by atoms with Gasteiger partial charge < -0.3 is 14.2 Å². The maximum absolute atomic E-state index is 12.9. The molecule has 0 spiro atoms. The van der Waals surface area contributed by atoms with Crippen LogP contribution in [-0.2, 0) is 23.1 Å². The van der Waals surface area contributed by atoms with Gasteiger partial charge in [-0.2, -0.15) is 0 Å². The molecule has 1 aromatic heterocycles. The van der Waals surface area contributed by atoms with Crippen LogP contribution < -0.4 is 0 Å². The first-order chi connectivity index (χ1) is 12.7. The van der Waals surface area contributed by atoms with Crippen LogP contribution in [0.15, 0.2) is 18.3 Å². The van der Waals surface area contributed by atoms with Crippen molar-refractivity contribution < 1.29 is 9.53 Å². The van der Waals surface area contributed by atoms with Gasteiger partial charge >= 0.3 is 0 Å². The summed E-state index contributed by atoms with van der Waals surface area (Å²) in [6, 6.07) is 4.18. The summed E-state index contributed by atoms with van der Waals surface area (Å²) in [6.45, 7) is 6.37. The molecule has 2 aliphatic rings. The fourth-order valence-electron chi connectivity index (χ4n) is 4.24. The van der Waals surface area contributed by atoms with Crippen molar-refractivity contribution >= 4 is 5.91 Å². The smallest absolute Gasteiger partial charge is 0.222 e. The van der Waals surface area contributed by atoms with E-state index in [2.05, 4.69) is 39.7 Å².